The zero-order valence-electron chi connectivity index (χ0n) is 30.2. The molecule has 1 amide bonds. The largest absolute Gasteiger partial charge is 1.00 e. The van der Waals surface area contributed by atoms with Crippen molar-refractivity contribution in [2.24, 2.45) is 5.73 Å². The van der Waals surface area contributed by atoms with Crippen LogP contribution < -0.4 is 40.6 Å². The van der Waals surface area contributed by atoms with Crippen molar-refractivity contribution >= 4 is 22.3 Å². The molecule has 53 heavy (non-hydrogen) atoms. The van der Waals surface area contributed by atoms with Crippen LogP contribution in [0.5, 0.6) is 0 Å². The van der Waals surface area contributed by atoms with Crippen LogP contribution in [0.2, 0.25) is 0 Å². The number of hydrogen-bond donors (Lipinski definition) is 8. The molecule has 0 aromatic rings. The number of aliphatic hydroxyl groups excluding tert-OH is 6. The van der Waals surface area contributed by atoms with E-state index in [0.29, 0.717) is 19.3 Å². The van der Waals surface area contributed by atoms with E-state index in [0.717, 1.165) is 25.7 Å². The molecule has 0 unspecified atom stereocenters. The average Bonchev–Trinajstić information content (AvgIpc) is 3.09. The number of methoxy groups -OCH3 is 1. The molecule has 3 rings (SSSR count). The maximum Gasteiger partial charge on any atom is 1.00 e. The summed E-state index contributed by atoms with van der Waals surface area (Å²) in [6.45, 7) is 1.44. The van der Waals surface area contributed by atoms with Gasteiger partial charge in [0.05, 0.1) is 19.8 Å². The number of aliphatic hydroxyl groups is 6. The Kier molecular flexibility index (Phi) is 20.9. The van der Waals surface area contributed by atoms with Crippen molar-refractivity contribution in [3.63, 3.8) is 0 Å². The van der Waals surface area contributed by atoms with Gasteiger partial charge in [0.15, 0.2) is 18.9 Å². The van der Waals surface area contributed by atoms with E-state index in [1.807, 2.05) is 0 Å². The predicted molar refractivity (Wildman–Crippen MR) is 170 cm³/mol. The summed E-state index contributed by atoms with van der Waals surface area (Å²) < 4.78 is 78.7. The first kappa shape index (κ1) is 48.4. The van der Waals surface area contributed by atoms with Crippen molar-refractivity contribution in [2.45, 2.75) is 151 Å². The van der Waals surface area contributed by atoms with Crippen LogP contribution in [0.15, 0.2) is 0 Å². The van der Waals surface area contributed by atoms with Crippen molar-refractivity contribution in [3.05, 3.63) is 0 Å². The Morgan fingerprint density at radius 3 is 1.96 bits per heavy atom. The van der Waals surface area contributed by atoms with E-state index in [2.05, 4.69) is 14.2 Å². The van der Waals surface area contributed by atoms with Crippen LogP contribution in [-0.4, -0.2) is 174 Å². The third-order valence-corrected chi connectivity index (χ3v) is 9.43. The van der Waals surface area contributed by atoms with Crippen molar-refractivity contribution in [2.75, 3.05) is 26.9 Å². The van der Waals surface area contributed by atoms with Crippen LogP contribution in [0.4, 0.5) is 0 Å². The number of nitrogens with one attached hydrogen (secondary N) is 1. The molecule has 3 aliphatic rings. The molecule has 9 N–H and O–H groups in total. The number of amides is 1. The Morgan fingerprint density at radius 1 is 0.792 bits per heavy atom. The molecule has 23 heteroatoms. The van der Waals surface area contributed by atoms with Crippen LogP contribution >= 0.6 is 0 Å². The summed E-state index contributed by atoms with van der Waals surface area (Å²) in [6, 6.07) is -1.28. The summed E-state index contributed by atoms with van der Waals surface area (Å²) in [7, 11) is -4.16. The molecule has 0 aliphatic carbocycles. The van der Waals surface area contributed by atoms with Gasteiger partial charge in [-0.25, -0.2) is 8.42 Å². The summed E-state index contributed by atoms with van der Waals surface area (Å²) in [5.74, 6) is -0.871. The van der Waals surface area contributed by atoms with Gasteiger partial charge in [-0.15, -0.1) is 0 Å². The molecule has 15 atom stereocenters. The van der Waals surface area contributed by atoms with Gasteiger partial charge in [-0.05, 0) is 19.8 Å². The maximum absolute atomic E-state index is 12.5. The van der Waals surface area contributed by atoms with Crippen molar-refractivity contribution < 1.29 is 120 Å². The van der Waals surface area contributed by atoms with E-state index in [1.165, 1.54) is 21.0 Å². The van der Waals surface area contributed by atoms with E-state index < -0.39 is 115 Å². The molecule has 3 aliphatic heterocycles. The number of rotatable bonds is 19. The smallest absolute Gasteiger partial charge is 0.726 e. The fraction of sp³-hybridized carbons (Fsp3) is 0.933. The first-order valence-electron chi connectivity index (χ1n) is 17.1. The standard InChI is InChI=1S/C30H54N2O19S.Na/c1-14-20(36)22(38)23(39)29(46-14)50-26-19(32-15(2)34)28(45-11-9-7-5-4-6-8-10-18(35)44-3)47-16(12-31)25(26)49-30-24(40)27(51-52(41,42)43)21(37)17(13-33)48-30;/h14,16-17,19-30,33,36-40H,4-13,31H2,1-3H3,(H,32,34)(H,41,42,43);/q;+1/p-1/t14-,16+,17+,19+,20+,21-,22+,23-,24+,25+,26+,27-,28+,29-,30-;/m0./s1. The molecular weight excluding hydrogens is 747 g/mol. The molecule has 0 spiro atoms. The van der Waals surface area contributed by atoms with E-state index in [1.54, 1.807) is 0 Å². The van der Waals surface area contributed by atoms with E-state index >= 15 is 0 Å². The van der Waals surface area contributed by atoms with Crippen molar-refractivity contribution in [1.29, 1.82) is 0 Å². The molecule has 3 heterocycles. The van der Waals surface area contributed by atoms with E-state index in [9.17, 15) is 53.2 Å². The molecule has 0 radical (unpaired) electrons. The summed E-state index contributed by atoms with van der Waals surface area (Å²) in [5, 5.41) is 65.4. The van der Waals surface area contributed by atoms with Crippen molar-refractivity contribution in [3.8, 4) is 0 Å². The monoisotopic (exact) mass is 800 g/mol. The number of ether oxygens (including phenoxy) is 7. The Hall–Kier alpha value is -0.710. The van der Waals surface area contributed by atoms with Crippen molar-refractivity contribution in [1.82, 2.24) is 5.32 Å². The number of esters is 1. The minimum absolute atomic E-state index is 0. The van der Waals surface area contributed by atoms with Gasteiger partial charge in [0, 0.05) is 26.5 Å². The summed E-state index contributed by atoms with van der Waals surface area (Å²) in [5.41, 5.74) is 6.06. The van der Waals surface area contributed by atoms with Gasteiger partial charge in [0.25, 0.3) is 0 Å². The minimum Gasteiger partial charge on any atom is -0.726 e. The molecule has 0 aromatic heterocycles. The van der Waals surface area contributed by atoms with Gasteiger partial charge in [-0.1, -0.05) is 25.7 Å². The fourth-order valence-electron chi connectivity index (χ4n) is 6.18. The summed E-state index contributed by atoms with van der Waals surface area (Å²) >= 11 is 0. The Bertz CT molecular complexity index is 1220. The topological polar surface area (TPSA) is 325 Å². The summed E-state index contributed by atoms with van der Waals surface area (Å²) in [6.07, 6.45) is -18.3. The molecule has 0 aromatic carbocycles. The van der Waals surface area contributed by atoms with Crippen LogP contribution in [-0.2, 0) is 57.3 Å². The SMILES string of the molecule is COC(=O)CCCCCCCCO[C@@H]1O[C@H](CN)[C@@H](O[C@@H]2O[C@H](CO)[C@H](O)[C@H](OS(=O)(=O)[O-])[C@H]2O)[C@H](O[C@@H]2O[C@@H](C)[C@@H](O)[C@@H](O)[C@@H]2O)[C@H]1NC(C)=O.[Na+]. The Labute approximate surface area is 329 Å². The second-order valence-electron chi connectivity index (χ2n) is 12.9. The summed E-state index contributed by atoms with van der Waals surface area (Å²) in [4.78, 5) is 23.8. The number of carbonyl (C=O) groups is 2. The Morgan fingerprint density at radius 2 is 1.38 bits per heavy atom. The van der Waals surface area contributed by atoms with E-state index in [-0.39, 0.29) is 48.7 Å². The molecule has 304 valence electrons. The van der Waals surface area contributed by atoms with Gasteiger partial charge in [-0.2, -0.15) is 0 Å². The van der Waals surface area contributed by atoms with Crippen LogP contribution in [0.3, 0.4) is 0 Å². The first-order valence-corrected chi connectivity index (χ1v) is 18.4. The molecule has 0 saturated carbocycles. The van der Waals surface area contributed by atoms with Gasteiger partial charge < -0.3 is 79.4 Å². The molecule has 21 nitrogen and oxygen atoms in total. The number of carbonyl (C=O) groups excluding carboxylic acids is 2. The second kappa shape index (κ2) is 22.9. The minimum atomic E-state index is -5.50. The zero-order chi connectivity index (χ0) is 38.7. The van der Waals surface area contributed by atoms with Crippen LogP contribution in [0.25, 0.3) is 0 Å². The number of hydrogen-bond acceptors (Lipinski definition) is 20. The van der Waals surface area contributed by atoms with Gasteiger partial charge >= 0.3 is 35.5 Å². The third-order valence-electron chi connectivity index (χ3n) is 8.98. The third kappa shape index (κ3) is 14.0. The fourth-order valence-corrected chi connectivity index (χ4v) is 6.68. The zero-order valence-corrected chi connectivity index (χ0v) is 33.0. The number of nitrogens with two attached hydrogens (primary N) is 1. The molecule has 3 saturated heterocycles. The van der Waals surface area contributed by atoms with Gasteiger partial charge in [0.1, 0.15) is 67.1 Å². The van der Waals surface area contributed by atoms with Crippen LogP contribution in [0, 0.1) is 0 Å². The maximum atomic E-state index is 12.5. The molecular formula is C30H53N2NaO19S. The second-order valence-corrected chi connectivity index (χ2v) is 13.9. The quantitative estimate of drug-likeness (QED) is 0.0198. The van der Waals surface area contributed by atoms with E-state index in [4.69, 9.17) is 34.2 Å². The number of unbranched alkanes of at least 4 members (excludes halogenated alkanes) is 5. The normalized spacial score (nSPS) is 37.8. The first-order chi connectivity index (χ1) is 24.5. The Balaban J connectivity index is 0.00000972. The predicted octanol–water partition coefficient (Wildman–Crippen LogP) is -7.02. The van der Waals surface area contributed by atoms with Gasteiger partial charge in [-0.3, -0.25) is 13.8 Å². The van der Waals surface area contributed by atoms with Gasteiger partial charge in [0.2, 0.25) is 16.3 Å². The van der Waals surface area contributed by atoms with Crippen LogP contribution in [0.1, 0.15) is 58.8 Å². The average molecular weight is 801 g/mol. The molecule has 3 fully saturated rings. The molecule has 0 bridgehead atoms.